The molecule has 2 heteroatoms. The highest BCUT2D eigenvalue weighted by Crippen LogP contribution is 2.19. The third kappa shape index (κ3) is 2.33. The number of nitrogens with two attached hydrogens (primary N) is 2. The maximum atomic E-state index is 5.83. The van der Waals surface area contributed by atoms with Crippen LogP contribution in [0.4, 0.5) is 5.69 Å². The lowest BCUT2D eigenvalue weighted by Crippen LogP contribution is -1.95. The molecule has 0 bridgehead atoms. The van der Waals surface area contributed by atoms with Crippen LogP contribution >= 0.6 is 0 Å². The lowest BCUT2D eigenvalue weighted by Gasteiger charge is -2.05. The zero-order valence-corrected chi connectivity index (χ0v) is 8.17. The van der Waals surface area contributed by atoms with Crippen molar-refractivity contribution in [3.05, 3.63) is 34.9 Å². The monoisotopic (exact) mass is 176 g/mol. The van der Waals surface area contributed by atoms with E-state index in [1.165, 1.54) is 0 Å². The van der Waals surface area contributed by atoms with Gasteiger partial charge in [0.25, 0.3) is 0 Å². The van der Waals surface area contributed by atoms with Crippen molar-refractivity contribution in [1.82, 2.24) is 0 Å². The molecule has 0 aliphatic heterocycles. The van der Waals surface area contributed by atoms with E-state index in [0.29, 0.717) is 6.54 Å². The van der Waals surface area contributed by atoms with Crippen molar-refractivity contribution in [2.45, 2.75) is 13.8 Å². The summed E-state index contributed by atoms with van der Waals surface area (Å²) in [5.74, 6) is 0. The van der Waals surface area contributed by atoms with Crippen LogP contribution in [0.25, 0.3) is 6.08 Å². The Morgan fingerprint density at radius 1 is 1.23 bits per heavy atom. The number of anilines is 1. The SMILES string of the molecule is Cc1cc(C=CCN)cc(C)c1N. The van der Waals surface area contributed by atoms with Gasteiger partial charge in [0.1, 0.15) is 0 Å². The van der Waals surface area contributed by atoms with Crippen LogP contribution in [0.2, 0.25) is 0 Å². The molecule has 0 aliphatic rings. The second-order valence-corrected chi connectivity index (χ2v) is 3.21. The van der Waals surface area contributed by atoms with Gasteiger partial charge in [-0.3, -0.25) is 0 Å². The number of nitrogen functional groups attached to an aromatic ring is 1. The Kier molecular flexibility index (Phi) is 3.09. The Balaban J connectivity index is 3.06. The van der Waals surface area contributed by atoms with Gasteiger partial charge < -0.3 is 11.5 Å². The number of benzene rings is 1. The third-order valence-electron chi connectivity index (χ3n) is 2.06. The molecule has 1 aromatic rings. The molecule has 0 aromatic heterocycles. The average Bonchev–Trinajstić information content (AvgIpc) is 2.10. The molecular formula is C11H16N2. The summed E-state index contributed by atoms with van der Waals surface area (Å²) in [4.78, 5) is 0. The Labute approximate surface area is 79.2 Å². The van der Waals surface area contributed by atoms with Crippen LogP contribution in [0.3, 0.4) is 0 Å². The van der Waals surface area contributed by atoms with Crippen molar-refractivity contribution >= 4 is 11.8 Å². The van der Waals surface area contributed by atoms with E-state index in [2.05, 4.69) is 12.1 Å². The number of aryl methyl sites for hydroxylation is 2. The van der Waals surface area contributed by atoms with Gasteiger partial charge in [-0.1, -0.05) is 12.2 Å². The van der Waals surface area contributed by atoms with Gasteiger partial charge in [0, 0.05) is 12.2 Å². The Morgan fingerprint density at radius 3 is 2.23 bits per heavy atom. The summed E-state index contributed by atoms with van der Waals surface area (Å²) < 4.78 is 0. The summed E-state index contributed by atoms with van der Waals surface area (Å²) in [5, 5.41) is 0. The predicted octanol–water partition coefficient (Wildman–Crippen LogP) is 1.86. The average molecular weight is 176 g/mol. The highest BCUT2D eigenvalue weighted by Gasteiger charge is 1.98. The Morgan fingerprint density at radius 2 is 1.77 bits per heavy atom. The first kappa shape index (κ1) is 9.81. The third-order valence-corrected chi connectivity index (χ3v) is 2.06. The summed E-state index contributed by atoms with van der Waals surface area (Å²) in [6.07, 6.45) is 3.95. The van der Waals surface area contributed by atoms with Crippen molar-refractivity contribution in [2.24, 2.45) is 5.73 Å². The van der Waals surface area contributed by atoms with Crippen LogP contribution in [-0.4, -0.2) is 6.54 Å². The molecule has 0 saturated heterocycles. The summed E-state index contributed by atoms with van der Waals surface area (Å²) in [6, 6.07) is 4.13. The van der Waals surface area contributed by atoms with Crippen LogP contribution in [-0.2, 0) is 0 Å². The Hall–Kier alpha value is -1.28. The van der Waals surface area contributed by atoms with Gasteiger partial charge in [0.2, 0.25) is 0 Å². The van der Waals surface area contributed by atoms with Gasteiger partial charge in [-0.25, -0.2) is 0 Å². The standard InChI is InChI=1S/C11H16N2/c1-8-6-10(4-3-5-12)7-9(2)11(8)13/h3-4,6-7H,5,12-13H2,1-2H3. The number of rotatable bonds is 2. The molecule has 1 aromatic carbocycles. The van der Waals surface area contributed by atoms with Gasteiger partial charge in [-0.2, -0.15) is 0 Å². The quantitative estimate of drug-likeness (QED) is 0.676. The molecule has 4 N–H and O–H groups in total. The second-order valence-electron chi connectivity index (χ2n) is 3.21. The largest absolute Gasteiger partial charge is 0.398 e. The minimum Gasteiger partial charge on any atom is -0.398 e. The molecule has 0 saturated carbocycles. The van der Waals surface area contributed by atoms with E-state index < -0.39 is 0 Å². The summed E-state index contributed by atoms with van der Waals surface area (Å²) in [7, 11) is 0. The van der Waals surface area contributed by atoms with Gasteiger partial charge in [-0.05, 0) is 42.7 Å². The first-order valence-corrected chi connectivity index (χ1v) is 4.38. The van der Waals surface area contributed by atoms with Gasteiger partial charge in [-0.15, -0.1) is 0 Å². The molecule has 0 unspecified atom stereocenters. The van der Waals surface area contributed by atoms with E-state index in [0.717, 1.165) is 22.4 Å². The molecule has 0 spiro atoms. The highest BCUT2D eigenvalue weighted by molar-refractivity contribution is 5.61. The Bertz CT molecular complexity index is 304. The minimum atomic E-state index is 0.572. The first-order chi connectivity index (χ1) is 6.15. The van der Waals surface area contributed by atoms with Crippen molar-refractivity contribution in [1.29, 1.82) is 0 Å². The van der Waals surface area contributed by atoms with Crippen molar-refractivity contribution < 1.29 is 0 Å². The van der Waals surface area contributed by atoms with Crippen molar-refractivity contribution in [3.8, 4) is 0 Å². The molecule has 70 valence electrons. The molecule has 0 aliphatic carbocycles. The van der Waals surface area contributed by atoms with Crippen molar-refractivity contribution in [2.75, 3.05) is 12.3 Å². The van der Waals surface area contributed by atoms with E-state index in [9.17, 15) is 0 Å². The maximum absolute atomic E-state index is 5.83. The summed E-state index contributed by atoms with van der Waals surface area (Å²) in [5.41, 5.74) is 15.5. The van der Waals surface area contributed by atoms with Gasteiger partial charge in [0.05, 0.1) is 0 Å². The van der Waals surface area contributed by atoms with E-state index in [4.69, 9.17) is 11.5 Å². The molecule has 0 atom stereocenters. The van der Waals surface area contributed by atoms with E-state index in [1.54, 1.807) is 0 Å². The van der Waals surface area contributed by atoms with Crippen LogP contribution in [0.1, 0.15) is 16.7 Å². The maximum Gasteiger partial charge on any atom is 0.0373 e. The lowest BCUT2D eigenvalue weighted by atomic mass is 10.0. The van der Waals surface area contributed by atoms with Crippen LogP contribution < -0.4 is 11.5 Å². The normalized spacial score (nSPS) is 11.0. The van der Waals surface area contributed by atoms with Crippen molar-refractivity contribution in [3.63, 3.8) is 0 Å². The molecule has 0 fully saturated rings. The summed E-state index contributed by atoms with van der Waals surface area (Å²) >= 11 is 0. The summed E-state index contributed by atoms with van der Waals surface area (Å²) in [6.45, 7) is 4.60. The van der Waals surface area contributed by atoms with Gasteiger partial charge >= 0.3 is 0 Å². The molecule has 1 rings (SSSR count). The molecular weight excluding hydrogens is 160 g/mol. The fourth-order valence-electron chi connectivity index (χ4n) is 1.31. The molecule has 2 nitrogen and oxygen atoms in total. The first-order valence-electron chi connectivity index (χ1n) is 4.38. The zero-order chi connectivity index (χ0) is 9.84. The van der Waals surface area contributed by atoms with E-state index in [-0.39, 0.29) is 0 Å². The predicted molar refractivity (Wildman–Crippen MR) is 58.4 cm³/mol. The molecule has 0 radical (unpaired) electrons. The fourth-order valence-corrected chi connectivity index (χ4v) is 1.31. The second kappa shape index (κ2) is 4.10. The number of hydrogen-bond acceptors (Lipinski definition) is 2. The lowest BCUT2D eigenvalue weighted by molar-refractivity contribution is 1.26. The van der Waals surface area contributed by atoms with Gasteiger partial charge in [0.15, 0.2) is 0 Å². The van der Waals surface area contributed by atoms with E-state index in [1.807, 2.05) is 26.0 Å². The smallest absolute Gasteiger partial charge is 0.0373 e. The topological polar surface area (TPSA) is 52.0 Å². The van der Waals surface area contributed by atoms with E-state index >= 15 is 0 Å². The molecule has 13 heavy (non-hydrogen) atoms. The fraction of sp³-hybridized carbons (Fsp3) is 0.273. The zero-order valence-electron chi connectivity index (χ0n) is 8.17. The highest BCUT2D eigenvalue weighted by atomic mass is 14.6. The van der Waals surface area contributed by atoms with Crippen LogP contribution in [0.5, 0.6) is 0 Å². The van der Waals surface area contributed by atoms with Crippen LogP contribution in [0, 0.1) is 13.8 Å². The number of hydrogen-bond donors (Lipinski definition) is 2. The van der Waals surface area contributed by atoms with Crippen LogP contribution in [0.15, 0.2) is 18.2 Å². The molecule has 0 heterocycles. The minimum absolute atomic E-state index is 0.572. The molecule has 0 amide bonds.